The van der Waals surface area contributed by atoms with Crippen molar-refractivity contribution in [1.82, 2.24) is 15.8 Å². The van der Waals surface area contributed by atoms with Crippen LogP contribution in [-0.2, 0) is 16.0 Å². The smallest absolute Gasteiger partial charge is 0.322 e. The third-order valence-corrected chi connectivity index (χ3v) is 4.81. The van der Waals surface area contributed by atoms with E-state index in [1.807, 2.05) is 42.5 Å². The number of aryl methyl sites for hydroxylation is 1. The second-order valence-electron chi connectivity index (χ2n) is 6.89. The molecule has 0 bridgehead atoms. The first kappa shape index (κ1) is 17.2. The largest absolute Gasteiger partial charge is 0.344 e. The van der Waals surface area contributed by atoms with Crippen LogP contribution in [0.4, 0.5) is 4.79 Å². The second-order valence-corrected chi connectivity index (χ2v) is 6.89. The second kappa shape index (κ2) is 7.09. The average Bonchev–Trinajstić information content (AvgIpc) is 3.17. The molecule has 1 aromatic carbocycles. The van der Waals surface area contributed by atoms with E-state index >= 15 is 0 Å². The van der Waals surface area contributed by atoms with E-state index in [1.54, 1.807) is 6.92 Å². The van der Waals surface area contributed by atoms with Gasteiger partial charge in [0, 0.05) is 6.42 Å². The van der Waals surface area contributed by atoms with Crippen molar-refractivity contribution >= 4 is 17.8 Å². The van der Waals surface area contributed by atoms with E-state index in [2.05, 4.69) is 10.7 Å². The van der Waals surface area contributed by atoms with Crippen molar-refractivity contribution in [3.05, 3.63) is 48.0 Å². The van der Waals surface area contributed by atoms with E-state index in [9.17, 15) is 14.4 Å². The molecule has 0 saturated carbocycles. The highest BCUT2D eigenvalue weighted by molar-refractivity contribution is 6.07. The topological polar surface area (TPSA) is 78.5 Å². The summed E-state index contributed by atoms with van der Waals surface area (Å²) >= 11 is 0. The Hall–Kier alpha value is -2.63. The minimum absolute atomic E-state index is 0.185. The zero-order chi connectivity index (χ0) is 17.9. The van der Waals surface area contributed by atoms with E-state index in [0.717, 1.165) is 23.4 Å². The first-order chi connectivity index (χ1) is 12.0. The molecule has 6 nitrogen and oxygen atoms in total. The molecule has 1 heterocycles. The van der Waals surface area contributed by atoms with Gasteiger partial charge < -0.3 is 5.32 Å². The molecule has 1 saturated heterocycles. The zero-order valence-corrected chi connectivity index (χ0v) is 14.3. The van der Waals surface area contributed by atoms with Crippen LogP contribution in [0.5, 0.6) is 0 Å². The van der Waals surface area contributed by atoms with Crippen LogP contribution in [-0.4, -0.2) is 28.4 Å². The number of carbonyl (C=O) groups is 3. The summed E-state index contributed by atoms with van der Waals surface area (Å²) in [5, 5.41) is 3.53. The van der Waals surface area contributed by atoms with Gasteiger partial charge in [0.15, 0.2) is 0 Å². The molecule has 2 aliphatic rings. The van der Waals surface area contributed by atoms with E-state index < -0.39 is 17.5 Å². The van der Waals surface area contributed by atoms with Crippen molar-refractivity contribution in [3.8, 4) is 0 Å². The number of imide groups is 1. The molecule has 0 radical (unpaired) electrons. The van der Waals surface area contributed by atoms with Crippen LogP contribution < -0.4 is 10.7 Å². The monoisotopic (exact) mass is 341 g/mol. The number of hydrogen-bond donors (Lipinski definition) is 2. The van der Waals surface area contributed by atoms with Gasteiger partial charge in [0.05, 0.1) is 0 Å². The summed E-state index contributed by atoms with van der Waals surface area (Å²) in [6.45, 7) is 1.70. The van der Waals surface area contributed by atoms with Crippen LogP contribution in [0.2, 0.25) is 0 Å². The molecule has 25 heavy (non-hydrogen) atoms. The molecular formula is C19H23N3O3. The standard InChI is InChI=1S/C19H23N3O3/c1-19(12-11-14-7-3-2-4-8-14)17(24)22(18(25)20-19)21-16(23)13-15-9-5-6-10-15/h2-5,7-9,15H,6,10-13H2,1H3,(H,20,25)(H,21,23). The Morgan fingerprint density at radius 3 is 2.76 bits per heavy atom. The average molecular weight is 341 g/mol. The van der Waals surface area contributed by atoms with Gasteiger partial charge in [-0.1, -0.05) is 42.5 Å². The molecule has 1 aromatic rings. The third kappa shape index (κ3) is 3.90. The number of amides is 4. The molecule has 0 aromatic heterocycles. The minimum atomic E-state index is -1.01. The molecule has 1 aliphatic carbocycles. The molecule has 6 heteroatoms. The maximum Gasteiger partial charge on any atom is 0.344 e. The van der Waals surface area contributed by atoms with Gasteiger partial charge in [0.1, 0.15) is 5.54 Å². The van der Waals surface area contributed by atoms with Gasteiger partial charge in [-0.15, -0.1) is 0 Å². The van der Waals surface area contributed by atoms with Crippen molar-refractivity contribution in [1.29, 1.82) is 0 Å². The molecule has 2 N–H and O–H groups in total. The van der Waals surface area contributed by atoms with E-state index in [0.29, 0.717) is 12.8 Å². The fourth-order valence-electron chi connectivity index (χ4n) is 3.27. The first-order valence-electron chi connectivity index (χ1n) is 8.65. The molecule has 1 fully saturated rings. The number of benzene rings is 1. The Morgan fingerprint density at radius 1 is 1.32 bits per heavy atom. The molecule has 1 aliphatic heterocycles. The van der Waals surface area contributed by atoms with Gasteiger partial charge >= 0.3 is 6.03 Å². The van der Waals surface area contributed by atoms with Crippen molar-refractivity contribution < 1.29 is 14.4 Å². The lowest BCUT2D eigenvalue weighted by Gasteiger charge is -2.21. The van der Waals surface area contributed by atoms with Gasteiger partial charge in [-0.05, 0) is 44.1 Å². The van der Waals surface area contributed by atoms with Gasteiger partial charge in [0.25, 0.3) is 5.91 Å². The van der Waals surface area contributed by atoms with E-state index in [1.165, 1.54) is 0 Å². The number of urea groups is 1. The lowest BCUT2D eigenvalue weighted by atomic mass is 9.93. The predicted molar refractivity (Wildman–Crippen MR) is 93.2 cm³/mol. The van der Waals surface area contributed by atoms with Gasteiger partial charge in [-0.25, -0.2) is 4.79 Å². The number of rotatable bonds is 6. The Balaban J connectivity index is 1.58. The summed E-state index contributed by atoms with van der Waals surface area (Å²) in [7, 11) is 0. The maximum atomic E-state index is 12.6. The highest BCUT2D eigenvalue weighted by Crippen LogP contribution is 2.23. The molecule has 2 atom stereocenters. The number of allylic oxidation sites excluding steroid dienone is 2. The normalized spacial score (nSPS) is 25.3. The minimum Gasteiger partial charge on any atom is -0.322 e. The fraction of sp³-hybridized carbons (Fsp3) is 0.421. The van der Waals surface area contributed by atoms with Crippen molar-refractivity contribution in [2.45, 2.75) is 44.6 Å². The summed E-state index contributed by atoms with van der Waals surface area (Å²) in [6.07, 6.45) is 7.38. The summed E-state index contributed by atoms with van der Waals surface area (Å²) < 4.78 is 0. The lowest BCUT2D eigenvalue weighted by Crippen LogP contribution is -2.49. The van der Waals surface area contributed by atoms with E-state index in [4.69, 9.17) is 0 Å². The lowest BCUT2D eigenvalue weighted by molar-refractivity contribution is -0.139. The number of nitrogens with zero attached hydrogens (tertiary/aromatic N) is 1. The quantitative estimate of drug-likeness (QED) is 0.616. The van der Waals surface area contributed by atoms with E-state index in [-0.39, 0.29) is 18.2 Å². The van der Waals surface area contributed by atoms with Gasteiger partial charge in [-0.2, -0.15) is 5.01 Å². The number of carbonyl (C=O) groups excluding carboxylic acids is 3. The molecule has 0 spiro atoms. The van der Waals surface area contributed by atoms with Crippen molar-refractivity contribution in [3.63, 3.8) is 0 Å². The van der Waals surface area contributed by atoms with Crippen molar-refractivity contribution in [2.24, 2.45) is 5.92 Å². The highest BCUT2D eigenvalue weighted by atomic mass is 16.2. The third-order valence-electron chi connectivity index (χ3n) is 4.81. The fourth-order valence-corrected chi connectivity index (χ4v) is 3.27. The SMILES string of the molecule is CC1(CCc2ccccc2)NC(=O)N(NC(=O)CC2C=CCC2)C1=O. The summed E-state index contributed by atoms with van der Waals surface area (Å²) in [4.78, 5) is 36.9. The zero-order valence-electron chi connectivity index (χ0n) is 14.3. The van der Waals surface area contributed by atoms with Crippen LogP contribution >= 0.6 is 0 Å². The Morgan fingerprint density at radius 2 is 2.08 bits per heavy atom. The Labute approximate surface area is 147 Å². The summed E-state index contributed by atoms with van der Waals surface area (Å²) in [5.41, 5.74) is 2.55. The molecule has 3 rings (SSSR count). The van der Waals surface area contributed by atoms with Crippen LogP contribution in [0.1, 0.15) is 38.2 Å². The molecule has 2 unspecified atom stereocenters. The van der Waals surface area contributed by atoms with Crippen LogP contribution in [0.3, 0.4) is 0 Å². The van der Waals surface area contributed by atoms with Crippen LogP contribution in [0.15, 0.2) is 42.5 Å². The van der Waals surface area contributed by atoms with Crippen LogP contribution in [0.25, 0.3) is 0 Å². The number of hydrazine groups is 1. The molecule has 132 valence electrons. The first-order valence-corrected chi connectivity index (χ1v) is 8.65. The number of nitrogens with one attached hydrogen (secondary N) is 2. The van der Waals surface area contributed by atoms with Gasteiger partial charge in [-0.3, -0.25) is 15.0 Å². The summed E-state index contributed by atoms with van der Waals surface area (Å²) in [6, 6.07) is 9.21. The maximum absolute atomic E-state index is 12.6. The van der Waals surface area contributed by atoms with Gasteiger partial charge in [0.2, 0.25) is 5.91 Å². The predicted octanol–water partition coefficient (Wildman–Crippen LogP) is 2.32. The molecule has 4 amide bonds. The molecular weight excluding hydrogens is 318 g/mol. The summed E-state index contributed by atoms with van der Waals surface area (Å²) in [5.74, 6) is -0.540. The highest BCUT2D eigenvalue weighted by Gasteiger charge is 2.48. The van der Waals surface area contributed by atoms with Crippen molar-refractivity contribution in [2.75, 3.05) is 0 Å². The van der Waals surface area contributed by atoms with Crippen LogP contribution in [0, 0.1) is 5.92 Å². The Kier molecular flexibility index (Phi) is 4.88. The number of hydrogen-bond acceptors (Lipinski definition) is 3. The Bertz CT molecular complexity index is 701.